The van der Waals surface area contributed by atoms with Crippen molar-refractivity contribution in [2.75, 3.05) is 31.6 Å². The lowest BCUT2D eigenvalue weighted by Gasteiger charge is -2.44. The van der Waals surface area contributed by atoms with Gasteiger partial charge in [0.15, 0.2) is 5.78 Å². The minimum absolute atomic E-state index is 0.0965. The van der Waals surface area contributed by atoms with Crippen LogP contribution in [0.5, 0.6) is 0 Å². The van der Waals surface area contributed by atoms with E-state index in [1.165, 1.54) is 13.8 Å². The van der Waals surface area contributed by atoms with E-state index in [-0.39, 0.29) is 36.5 Å². The van der Waals surface area contributed by atoms with Crippen LogP contribution >= 0.6 is 11.8 Å². The van der Waals surface area contributed by atoms with Crippen LogP contribution < -0.4 is 10.6 Å². The van der Waals surface area contributed by atoms with Crippen LogP contribution in [0.25, 0.3) is 0 Å². The Morgan fingerprint density at radius 3 is 2.27 bits per heavy atom. The highest BCUT2D eigenvalue weighted by Crippen LogP contribution is 2.40. The number of nitrogens with zero attached hydrogens (tertiary/aromatic N) is 1. The molecule has 0 aromatic carbocycles. The minimum Gasteiger partial charge on any atom is -0.359 e. The predicted molar refractivity (Wildman–Crippen MR) is 101 cm³/mol. The standard InChI is InChI=1S/C18H29N3O4S/c1-13(22)20-18(5-4-8-21(12-18)14(2)23)15(24)11-17(16(25)19-3)6-9-26-10-7-17/h4-12H2,1-3H3,(H,19,25)(H,20,22). The van der Waals surface area contributed by atoms with Crippen LogP contribution in [0.15, 0.2) is 0 Å². The number of rotatable bonds is 5. The SMILES string of the molecule is CNC(=O)C1(CC(=O)C2(NC(C)=O)CCCN(C(C)=O)C2)CCSCC1. The van der Waals surface area contributed by atoms with Crippen molar-refractivity contribution >= 4 is 35.3 Å². The van der Waals surface area contributed by atoms with Crippen molar-refractivity contribution < 1.29 is 19.2 Å². The molecule has 26 heavy (non-hydrogen) atoms. The zero-order valence-corrected chi connectivity index (χ0v) is 16.7. The average molecular weight is 384 g/mol. The molecule has 0 radical (unpaired) electrons. The summed E-state index contributed by atoms with van der Waals surface area (Å²) in [5, 5.41) is 5.54. The second-order valence-electron chi connectivity index (χ2n) is 7.38. The molecule has 0 spiro atoms. The van der Waals surface area contributed by atoms with Crippen LogP contribution in [0.4, 0.5) is 0 Å². The number of hydrogen-bond donors (Lipinski definition) is 2. The number of Topliss-reactive ketones (excluding diaryl/α,β-unsaturated/α-hetero) is 1. The van der Waals surface area contributed by atoms with Gasteiger partial charge in [0.2, 0.25) is 17.7 Å². The maximum atomic E-state index is 13.4. The van der Waals surface area contributed by atoms with Crippen LogP contribution in [0.2, 0.25) is 0 Å². The van der Waals surface area contributed by atoms with Crippen molar-refractivity contribution in [3.63, 3.8) is 0 Å². The van der Waals surface area contributed by atoms with Crippen LogP contribution in [-0.2, 0) is 19.2 Å². The molecule has 2 aliphatic heterocycles. The second kappa shape index (κ2) is 8.41. The zero-order chi connectivity index (χ0) is 19.4. The van der Waals surface area contributed by atoms with Gasteiger partial charge in [-0.05, 0) is 37.2 Å². The van der Waals surface area contributed by atoms with E-state index in [0.717, 1.165) is 11.5 Å². The lowest BCUT2D eigenvalue weighted by molar-refractivity contribution is -0.143. The lowest BCUT2D eigenvalue weighted by atomic mass is 9.71. The Hall–Kier alpha value is -1.57. The molecule has 0 bridgehead atoms. The third-order valence-corrected chi connectivity index (χ3v) is 6.53. The van der Waals surface area contributed by atoms with E-state index in [1.807, 2.05) is 0 Å². The molecule has 3 amide bonds. The third kappa shape index (κ3) is 4.39. The lowest BCUT2D eigenvalue weighted by Crippen LogP contribution is -2.64. The van der Waals surface area contributed by atoms with E-state index < -0.39 is 11.0 Å². The summed E-state index contributed by atoms with van der Waals surface area (Å²) < 4.78 is 0. The molecule has 7 nitrogen and oxygen atoms in total. The Labute approximate surface area is 159 Å². The molecular formula is C18H29N3O4S. The number of amides is 3. The highest BCUT2D eigenvalue weighted by molar-refractivity contribution is 7.99. The quantitative estimate of drug-likeness (QED) is 0.729. The van der Waals surface area contributed by atoms with E-state index >= 15 is 0 Å². The molecule has 0 aromatic heterocycles. The van der Waals surface area contributed by atoms with Crippen LogP contribution in [0.1, 0.15) is 46.0 Å². The van der Waals surface area contributed by atoms with Gasteiger partial charge >= 0.3 is 0 Å². The molecule has 0 saturated carbocycles. The van der Waals surface area contributed by atoms with Gasteiger partial charge in [0.05, 0.1) is 12.0 Å². The van der Waals surface area contributed by atoms with Gasteiger partial charge in [0, 0.05) is 33.9 Å². The fourth-order valence-electron chi connectivity index (χ4n) is 4.05. The Morgan fingerprint density at radius 2 is 1.73 bits per heavy atom. The summed E-state index contributed by atoms with van der Waals surface area (Å²) in [5.41, 5.74) is -1.82. The topological polar surface area (TPSA) is 95.6 Å². The molecule has 0 aromatic rings. The van der Waals surface area contributed by atoms with Gasteiger partial charge in [-0.25, -0.2) is 0 Å². The van der Waals surface area contributed by atoms with Crippen LogP contribution in [-0.4, -0.2) is 65.6 Å². The number of piperidine rings is 1. The van der Waals surface area contributed by atoms with E-state index in [4.69, 9.17) is 0 Å². The summed E-state index contributed by atoms with van der Waals surface area (Å²) in [4.78, 5) is 51.2. The van der Waals surface area contributed by atoms with Crippen molar-refractivity contribution in [2.45, 2.75) is 51.5 Å². The van der Waals surface area contributed by atoms with Crippen molar-refractivity contribution in [3.8, 4) is 0 Å². The first-order chi connectivity index (χ1) is 12.2. The molecular weight excluding hydrogens is 354 g/mol. The largest absolute Gasteiger partial charge is 0.359 e. The summed E-state index contributed by atoms with van der Waals surface area (Å²) in [7, 11) is 1.60. The number of likely N-dealkylation sites (tertiary alicyclic amines) is 1. The summed E-state index contributed by atoms with van der Waals surface area (Å²) in [6.45, 7) is 3.62. The highest BCUT2D eigenvalue weighted by atomic mass is 32.2. The molecule has 2 rings (SSSR count). The number of thioether (sulfide) groups is 1. The van der Waals surface area contributed by atoms with Crippen LogP contribution in [0, 0.1) is 5.41 Å². The van der Waals surface area contributed by atoms with Crippen molar-refractivity contribution in [3.05, 3.63) is 0 Å². The first-order valence-corrected chi connectivity index (χ1v) is 10.3. The number of nitrogens with one attached hydrogen (secondary N) is 2. The summed E-state index contributed by atoms with van der Waals surface area (Å²) in [6, 6.07) is 0. The molecule has 146 valence electrons. The third-order valence-electron chi connectivity index (χ3n) is 5.54. The van der Waals surface area contributed by atoms with Gasteiger partial charge in [0.1, 0.15) is 5.54 Å². The fourth-order valence-corrected chi connectivity index (χ4v) is 5.32. The summed E-state index contributed by atoms with van der Waals surface area (Å²) in [6.07, 6.45) is 2.53. The monoisotopic (exact) mass is 383 g/mol. The van der Waals surface area contributed by atoms with E-state index in [1.54, 1.807) is 23.7 Å². The molecule has 2 saturated heterocycles. The summed E-state index contributed by atoms with van der Waals surface area (Å²) in [5.74, 6) is 1.03. The number of carbonyl (C=O) groups is 4. The molecule has 8 heteroatoms. The van der Waals surface area contributed by atoms with Crippen molar-refractivity contribution in [2.24, 2.45) is 5.41 Å². The molecule has 2 N–H and O–H groups in total. The molecule has 2 heterocycles. The highest BCUT2D eigenvalue weighted by Gasteiger charge is 2.49. The van der Waals surface area contributed by atoms with Crippen LogP contribution in [0.3, 0.4) is 0 Å². The zero-order valence-electron chi connectivity index (χ0n) is 15.9. The maximum absolute atomic E-state index is 13.4. The predicted octanol–water partition coefficient (Wildman–Crippen LogP) is 0.722. The van der Waals surface area contributed by atoms with Gasteiger partial charge in [-0.1, -0.05) is 0 Å². The molecule has 2 fully saturated rings. The van der Waals surface area contributed by atoms with E-state index in [2.05, 4.69) is 10.6 Å². The Morgan fingerprint density at radius 1 is 1.08 bits per heavy atom. The van der Waals surface area contributed by atoms with Gasteiger partial charge in [0.25, 0.3) is 0 Å². The van der Waals surface area contributed by atoms with Gasteiger partial charge in [-0.3, -0.25) is 19.2 Å². The average Bonchev–Trinajstić information content (AvgIpc) is 2.61. The molecule has 0 aliphatic carbocycles. The van der Waals surface area contributed by atoms with Gasteiger partial charge < -0.3 is 15.5 Å². The minimum atomic E-state index is -1.10. The maximum Gasteiger partial charge on any atom is 0.226 e. The van der Waals surface area contributed by atoms with E-state index in [0.29, 0.717) is 32.2 Å². The van der Waals surface area contributed by atoms with Gasteiger partial charge in [-0.2, -0.15) is 11.8 Å². The first kappa shape index (κ1) is 20.7. The Balaban J connectivity index is 2.29. The van der Waals surface area contributed by atoms with Crippen molar-refractivity contribution in [1.82, 2.24) is 15.5 Å². The first-order valence-electron chi connectivity index (χ1n) is 9.12. The Bertz CT molecular complexity index is 589. The summed E-state index contributed by atoms with van der Waals surface area (Å²) >= 11 is 1.79. The Kier molecular flexibility index (Phi) is 6.71. The van der Waals surface area contributed by atoms with E-state index in [9.17, 15) is 19.2 Å². The molecule has 2 aliphatic rings. The van der Waals surface area contributed by atoms with Gasteiger partial charge in [-0.15, -0.1) is 0 Å². The normalized spacial score (nSPS) is 25.3. The fraction of sp³-hybridized carbons (Fsp3) is 0.778. The number of hydrogen-bond acceptors (Lipinski definition) is 5. The molecule has 1 atom stereocenters. The van der Waals surface area contributed by atoms with Crippen molar-refractivity contribution in [1.29, 1.82) is 0 Å². The second-order valence-corrected chi connectivity index (χ2v) is 8.60. The molecule has 1 unspecified atom stereocenters. The number of carbonyl (C=O) groups excluding carboxylic acids is 4. The number of ketones is 1. The smallest absolute Gasteiger partial charge is 0.226 e.